The standard InChI is InChI=1S/C15H30N2/c1-3-13-7-5-6-8-15(13)17(4-2)14-9-11-16-12-10-14/h13-16H,3-12H2,1-2H3. The zero-order valence-corrected chi connectivity index (χ0v) is 11.8. The van der Waals surface area contributed by atoms with Crippen molar-refractivity contribution >= 4 is 0 Å². The summed E-state index contributed by atoms with van der Waals surface area (Å²) in [5.74, 6) is 0.971. The van der Waals surface area contributed by atoms with E-state index in [1.54, 1.807) is 0 Å². The van der Waals surface area contributed by atoms with Crippen LogP contribution in [-0.4, -0.2) is 36.6 Å². The van der Waals surface area contributed by atoms with Crippen molar-refractivity contribution in [3.8, 4) is 0 Å². The molecule has 1 heterocycles. The normalized spacial score (nSPS) is 31.9. The molecule has 17 heavy (non-hydrogen) atoms. The van der Waals surface area contributed by atoms with E-state index >= 15 is 0 Å². The highest BCUT2D eigenvalue weighted by molar-refractivity contribution is 4.88. The minimum Gasteiger partial charge on any atom is -0.317 e. The van der Waals surface area contributed by atoms with Crippen LogP contribution in [0.4, 0.5) is 0 Å². The van der Waals surface area contributed by atoms with Crippen molar-refractivity contribution < 1.29 is 0 Å². The molecule has 0 radical (unpaired) electrons. The summed E-state index contributed by atoms with van der Waals surface area (Å²) < 4.78 is 0. The first-order valence-electron chi connectivity index (χ1n) is 7.83. The molecular formula is C15H30N2. The molecule has 2 atom stereocenters. The summed E-state index contributed by atoms with van der Waals surface area (Å²) in [6, 6.07) is 1.75. The fourth-order valence-corrected chi connectivity index (χ4v) is 4.00. The summed E-state index contributed by atoms with van der Waals surface area (Å²) in [6.45, 7) is 8.46. The van der Waals surface area contributed by atoms with Crippen LogP contribution in [0.5, 0.6) is 0 Å². The number of hydrogen-bond donors (Lipinski definition) is 1. The van der Waals surface area contributed by atoms with Crippen LogP contribution in [0.2, 0.25) is 0 Å². The van der Waals surface area contributed by atoms with Crippen molar-refractivity contribution in [1.29, 1.82) is 0 Å². The first-order valence-corrected chi connectivity index (χ1v) is 7.83. The lowest BCUT2D eigenvalue weighted by atomic mass is 9.81. The molecule has 0 spiro atoms. The maximum atomic E-state index is 3.50. The van der Waals surface area contributed by atoms with E-state index in [-0.39, 0.29) is 0 Å². The zero-order valence-electron chi connectivity index (χ0n) is 11.8. The first-order chi connectivity index (χ1) is 8.36. The van der Waals surface area contributed by atoms with Crippen LogP contribution in [0.15, 0.2) is 0 Å². The van der Waals surface area contributed by atoms with Crippen molar-refractivity contribution in [1.82, 2.24) is 10.2 Å². The molecule has 0 aromatic heterocycles. The number of rotatable bonds is 4. The van der Waals surface area contributed by atoms with Crippen LogP contribution in [0.25, 0.3) is 0 Å². The van der Waals surface area contributed by atoms with E-state index in [4.69, 9.17) is 0 Å². The number of piperidine rings is 1. The Bertz CT molecular complexity index is 211. The molecule has 1 N–H and O–H groups in total. The van der Waals surface area contributed by atoms with Gasteiger partial charge in [-0.25, -0.2) is 0 Å². The molecule has 1 aliphatic carbocycles. The Balaban J connectivity index is 1.99. The van der Waals surface area contributed by atoms with Crippen LogP contribution < -0.4 is 5.32 Å². The van der Waals surface area contributed by atoms with E-state index in [1.807, 2.05) is 0 Å². The highest BCUT2D eigenvalue weighted by atomic mass is 15.2. The highest BCUT2D eigenvalue weighted by Crippen LogP contribution is 2.32. The molecule has 2 aliphatic rings. The van der Waals surface area contributed by atoms with E-state index in [0.717, 1.165) is 18.0 Å². The molecule has 0 amide bonds. The lowest BCUT2D eigenvalue weighted by Gasteiger charge is -2.45. The molecule has 100 valence electrons. The van der Waals surface area contributed by atoms with Crippen LogP contribution in [0.1, 0.15) is 58.8 Å². The van der Waals surface area contributed by atoms with Crippen molar-refractivity contribution in [2.45, 2.75) is 70.9 Å². The quantitative estimate of drug-likeness (QED) is 0.810. The van der Waals surface area contributed by atoms with Crippen molar-refractivity contribution in [2.24, 2.45) is 5.92 Å². The highest BCUT2D eigenvalue weighted by Gasteiger charge is 2.32. The van der Waals surface area contributed by atoms with E-state index in [0.29, 0.717) is 0 Å². The minimum atomic E-state index is 0.860. The third kappa shape index (κ3) is 3.23. The molecule has 2 heteroatoms. The molecule has 2 nitrogen and oxygen atoms in total. The van der Waals surface area contributed by atoms with Crippen LogP contribution in [0.3, 0.4) is 0 Å². The number of hydrogen-bond acceptors (Lipinski definition) is 2. The van der Waals surface area contributed by atoms with Gasteiger partial charge in [-0.3, -0.25) is 4.90 Å². The second-order valence-electron chi connectivity index (χ2n) is 5.83. The van der Waals surface area contributed by atoms with Crippen molar-refractivity contribution in [3.63, 3.8) is 0 Å². The molecule has 2 fully saturated rings. The molecule has 0 bridgehead atoms. The second-order valence-corrected chi connectivity index (χ2v) is 5.83. The van der Waals surface area contributed by atoms with Gasteiger partial charge in [-0.2, -0.15) is 0 Å². The predicted molar refractivity (Wildman–Crippen MR) is 74.3 cm³/mol. The minimum absolute atomic E-state index is 0.860. The average Bonchev–Trinajstić information content (AvgIpc) is 2.41. The van der Waals surface area contributed by atoms with Gasteiger partial charge in [0.2, 0.25) is 0 Å². The van der Waals surface area contributed by atoms with Gasteiger partial charge in [0.25, 0.3) is 0 Å². The zero-order chi connectivity index (χ0) is 12.1. The summed E-state index contributed by atoms with van der Waals surface area (Å²) in [5.41, 5.74) is 0. The van der Waals surface area contributed by atoms with Gasteiger partial charge in [0.15, 0.2) is 0 Å². The average molecular weight is 238 g/mol. The Labute approximate surface area is 107 Å². The molecule has 2 unspecified atom stereocenters. The molecule has 0 aromatic carbocycles. The number of nitrogens with zero attached hydrogens (tertiary/aromatic N) is 1. The van der Waals surface area contributed by atoms with Gasteiger partial charge < -0.3 is 5.32 Å². The van der Waals surface area contributed by atoms with Crippen LogP contribution >= 0.6 is 0 Å². The lowest BCUT2D eigenvalue weighted by Crippen LogP contribution is -2.51. The van der Waals surface area contributed by atoms with Gasteiger partial charge in [-0.1, -0.05) is 33.1 Å². The predicted octanol–water partition coefficient (Wildman–Crippen LogP) is 3.03. The lowest BCUT2D eigenvalue weighted by molar-refractivity contribution is 0.0523. The van der Waals surface area contributed by atoms with E-state index in [1.165, 1.54) is 64.6 Å². The van der Waals surface area contributed by atoms with Gasteiger partial charge in [0.1, 0.15) is 0 Å². The van der Waals surface area contributed by atoms with Crippen molar-refractivity contribution in [3.05, 3.63) is 0 Å². The van der Waals surface area contributed by atoms with Gasteiger partial charge in [-0.15, -0.1) is 0 Å². The van der Waals surface area contributed by atoms with E-state index < -0.39 is 0 Å². The molecule has 1 saturated carbocycles. The van der Waals surface area contributed by atoms with Gasteiger partial charge >= 0.3 is 0 Å². The molecule has 1 saturated heterocycles. The fraction of sp³-hybridized carbons (Fsp3) is 1.00. The summed E-state index contributed by atoms with van der Waals surface area (Å²) >= 11 is 0. The molecule has 0 aromatic rings. The topological polar surface area (TPSA) is 15.3 Å². The molecule has 1 aliphatic heterocycles. The van der Waals surface area contributed by atoms with Gasteiger partial charge in [0.05, 0.1) is 0 Å². The third-order valence-corrected chi connectivity index (χ3v) is 4.96. The Kier molecular flexibility index (Phi) is 5.30. The summed E-state index contributed by atoms with van der Waals surface area (Å²) in [6.07, 6.45) is 9.97. The van der Waals surface area contributed by atoms with Crippen molar-refractivity contribution in [2.75, 3.05) is 19.6 Å². The first kappa shape index (κ1) is 13.4. The SMILES string of the molecule is CCC1CCCCC1N(CC)C1CCNCC1. The summed E-state index contributed by atoms with van der Waals surface area (Å²) in [4.78, 5) is 2.86. The number of nitrogens with one attached hydrogen (secondary N) is 1. The smallest absolute Gasteiger partial charge is 0.0126 e. The molecular weight excluding hydrogens is 208 g/mol. The maximum Gasteiger partial charge on any atom is 0.0126 e. The van der Waals surface area contributed by atoms with E-state index in [9.17, 15) is 0 Å². The Hall–Kier alpha value is -0.0800. The fourth-order valence-electron chi connectivity index (χ4n) is 4.00. The third-order valence-electron chi connectivity index (χ3n) is 4.96. The monoisotopic (exact) mass is 238 g/mol. The summed E-state index contributed by atoms with van der Waals surface area (Å²) in [7, 11) is 0. The van der Waals surface area contributed by atoms with Crippen LogP contribution in [-0.2, 0) is 0 Å². The van der Waals surface area contributed by atoms with Crippen LogP contribution in [0, 0.1) is 5.92 Å². The van der Waals surface area contributed by atoms with E-state index in [2.05, 4.69) is 24.1 Å². The summed E-state index contributed by atoms with van der Waals surface area (Å²) in [5, 5.41) is 3.50. The Morgan fingerprint density at radius 3 is 2.35 bits per heavy atom. The maximum absolute atomic E-state index is 3.50. The van der Waals surface area contributed by atoms with Gasteiger partial charge in [0, 0.05) is 12.1 Å². The molecule has 2 rings (SSSR count). The second kappa shape index (κ2) is 6.75. The largest absolute Gasteiger partial charge is 0.317 e. The Morgan fingerprint density at radius 1 is 1.00 bits per heavy atom. The van der Waals surface area contributed by atoms with Gasteiger partial charge in [-0.05, 0) is 51.2 Å². The Morgan fingerprint density at radius 2 is 1.71 bits per heavy atom.